The van der Waals surface area contributed by atoms with E-state index in [9.17, 15) is 10.1 Å². The highest BCUT2D eigenvalue weighted by atomic mass is 16.6. The molecule has 0 bridgehead atoms. The summed E-state index contributed by atoms with van der Waals surface area (Å²) in [5, 5.41) is 19.4. The molecule has 0 amide bonds. The van der Waals surface area contributed by atoms with Gasteiger partial charge in [-0.3, -0.25) is 10.1 Å². The van der Waals surface area contributed by atoms with Gasteiger partial charge in [0.25, 0.3) is 0 Å². The van der Waals surface area contributed by atoms with Crippen molar-refractivity contribution < 1.29 is 10.0 Å². The molecule has 0 spiro atoms. The van der Waals surface area contributed by atoms with Crippen LogP contribution in [0.25, 0.3) is 0 Å². The average Bonchev–Trinajstić information content (AvgIpc) is 1.94. The Morgan fingerprint density at radius 2 is 2.18 bits per heavy atom. The summed E-state index contributed by atoms with van der Waals surface area (Å²) in [5.41, 5.74) is 5.49. The molecule has 3 N–H and O–H groups in total. The number of nitro groups is 1. The molecule has 3 unspecified atom stereocenters. The van der Waals surface area contributed by atoms with Gasteiger partial charge in [0.15, 0.2) is 0 Å². The normalized spacial score (nSPS) is 38.5. The number of nitrogens with two attached hydrogens (primary N) is 1. The highest BCUT2D eigenvalue weighted by Gasteiger charge is 2.35. The largest absolute Gasteiger partial charge is 0.393 e. The first-order chi connectivity index (χ1) is 5.11. The fourth-order valence-electron chi connectivity index (χ4n) is 1.39. The van der Waals surface area contributed by atoms with E-state index in [2.05, 4.69) is 0 Å². The lowest BCUT2D eigenvalue weighted by Crippen LogP contribution is -2.46. The van der Waals surface area contributed by atoms with Crippen LogP contribution in [-0.4, -0.2) is 28.2 Å². The van der Waals surface area contributed by atoms with Gasteiger partial charge >= 0.3 is 0 Å². The second-order valence-electron chi connectivity index (χ2n) is 2.98. The van der Waals surface area contributed by atoms with E-state index in [4.69, 9.17) is 10.8 Å². The number of hydrogen-bond donors (Lipinski definition) is 2. The van der Waals surface area contributed by atoms with Crippen LogP contribution < -0.4 is 5.73 Å². The van der Waals surface area contributed by atoms with Crippen LogP contribution in [0.15, 0.2) is 0 Å². The molecule has 11 heavy (non-hydrogen) atoms. The lowest BCUT2D eigenvalue weighted by atomic mass is 9.89. The van der Waals surface area contributed by atoms with E-state index >= 15 is 0 Å². The molecule has 0 radical (unpaired) electrons. The summed E-state index contributed by atoms with van der Waals surface area (Å²) in [7, 11) is 0. The van der Waals surface area contributed by atoms with Gasteiger partial charge in [-0.1, -0.05) is 0 Å². The van der Waals surface area contributed by atoms with Crippen LogP contribution in [0.4, 0.5) is 0 Å². The molecule has 1 rings (SSSR count). The van der Waals surface area contributed by atoms with Crippen LogP contribution in [-0.2, 0) is 0 Å². The summed E-state index contributed by atoms with van der Waals surface area (Å²) < 4.78 is 0. The Morgan fingerprint density at radius 1 is 1.55 bits per heavy atom. The van der Waals surface area contributed by atoms with Gasteiger partial charge in [-0.2, -0.15) is 0 Å². The van der Waals surface area contributed by atoms with Crippen molar-refractivity contribution in [2.45, 2.75) is 37.5 Å². The Balaban J connectivity index is 2.54. The molecule has 1 aliphatic rings. The van der Waals surface area contributed by atoms with Gasteiger partial charge in [0.2, 0.25) is 6.04 Å². The predicted octanol–water partition coefficient (Wildman–Crippen LogP) is -0.496. The topological polar surface area (TPSA) is 89.4 Å². The van der Waals surface area contributed by atoms with Crippen molar-refractivity contribution in [2.75, 3.05) is 0 Å². The fourth-order valence-corrected chi connectivity index (χ4v) is 1.39. The van der Waals surface area contributed by atoms with E-state index in [1.807, 2.05) is 0 Å². The van der Waals surface area contributed by atoms with Crippen molar-refractivity contribution >= 4 is 0 Å². The molecule has 1 saturated carbocycles. The van der Waals surface area contributed by atoms with Crippen LogP contribution in [0.1, 0.15) is 19.3 Å². The molecule has 0 aromatic heterocycles. The highest BCUT2D eigenvalue weighted by Crippen LogP contribution is 2.19. The SMILES string of the molecule is NC1CCC(O)CC1[N+](=O)[O-]. The standard InChI is InChI=1S/C6H12N2O3/c7-5-2-1-4(9)3-6(5)8(10)11/h4-6,9H,1-3,7H2. The van der Waals surface area contributed by atoms with E-state index < -0.39 is 17.1 Å². The van der Waals surface area contributed by atoms with Crippen molar-refractivity contribution in [3.63, 3.8) is 0 Å². The zero-order valence-electron chi connectivity index (χ0n) is 6.14. The number of aliphatic hydroxyl groups excluding tert-OH is 1. The molecular weight excluding hydrogens is 148 g/mol. The van der Waals surface area contributed by atoms with Gasteiger partial charge in [-0.25, -0.2) is 0 Å². The Bertz CT molecular complexity index is 162. The monoisotopic (exact) mass is 160 g/mol. The summed E-state index contributed by atoms with van der Waals surface area (Å²) in [5.74, 6) is 0. The van der Waals surface area contributed by atoms with Crippen molar-refractivity contribution in [1.29, 1.82) is 0 Å². The lowest BCUT2D eigenvalue weighted by Gasteiger charge is -2.25. The Kier molecular flexibility index (Phi) is 2.41. The van der Waals surface area contributed by atoms with E-state index in [0.29, 0.717) is 12.8 Å². The summed E-state index contributed by atoms with van der Waals surface area (Å²) in [6.45, 7) is 0. The lowest BCUT2D eigenvalue weighted by molar-refractivity contribution is -0.530. The zero-order chi connectivity index (χ0) is 8.43. The van der Waals surface area contributed by atoms with Crippen LogP contribution in [0.2, 0.25) is 0 Å². The van der Waals surface area contributed by atoms with Crippen LogP contribution in [0.3, 0.4) is 0 Å². The Hall–Kier alpha value is -0.680. The van der Waals surface area contributed by atoms with Gasteiger partial charge in [-0.15, -0.1) is 0 Å². The molecule has 5 nitrogen and oxygen atoms in total. The van der Waals surface area contributed by atoms with Gasteiger partial charge < -0.3 is 10.8 Å². The second-order valence-corrected chi connectivity index (χ2v) is 2.98. The maximum Gasteiger partial charge on any atom is 0.230 e. The van der Waals surface area contributed by atoms with Crippen molar-refractivity contribution in [1.82, 2.24) is 0 Å². The molecule has 0 saturated heterocycles. The van der Waals surface area contributed by atoms with Crippen LogP contribution in [0, 0.1) is 10.1 Å². The van der Waals surface area contributed by atoms with E-state index in [1.54, 1.807) is 0 Å². The maximum absolute atomic E-state index is 10.3. The smallest absolute Gasteiger partial charge is 0.230 e. The molecule has 0 aromatic carbocycles. The summed E-state index contributed by atoms with van der Waals surface area (Å²) >= 11 is 0. The zero-order valence-corrected chi connectivity index (χ0v) is 6.14. The first kappa shape index (κ1) is 8.42. The minimum absolute atomic E-state index is 0.203. The minimum Gasteiger partial charge on any atom is -0.393 e. The summed E-state index contributed by atoms with van der Waals surface area (Å²) in [6, 6.07) is -1.13. The number of rotatable bonds is 1. The molecule has 0 aromatic rings. The highest BCUT2D eigenvalue weighted by molar-refractivity contribution is 4.82. The van der Waals surface area contributed by atoms with Gasteiger partial charge in [0.05, 0.1) is 12.1 Å². The molecular formula is C6H12N2O3. The van der Waals surface area contributed by atoms with Crippen molar-refractivity contribution in [3.05, 3.63) is 10.1 Å². The molecule has 3 atom stereocenters. The van der Waals surface area contributed by atoms with Crippen LogP contribution >= 0.6 is 0 Å². The molecule has 0 aliphatic heterocycles. The predicted molar refractivity (Wildman–Crippen MR) is 38.6 cm³/mol. The van der Waals surface area contributed by atoms with E-state index in [1.165, 1.54) is 0 Å². The molecule has 1 aliphatic carbocycles. The average molecular weight is 160 g/mol. The minimum atomic E-state index is -0.751. The third-order valence-corrected chi connectivity index (χ3v) is 2.11. The van der Waals surface area contributed by atoms with Gasteiger partial charge in [0.1, 0.15) is 0 Å². The third kappa shape index (κ3) is 1.87. The summed E-state index contributed by atoms with van der Waals surface area (Å²) in [4.78, 5) is 9.93. The summed E-state index contributed by atoms with van der Waals surface area (Å²) in [6.07, 6.45) is 0.803. The number of aliphatic hydroxyl groups is 1. The van der Waals surface area contributed by atoms with Crippen LogP contribution in [0.5, 0.6) is 0 Å². The van der Waals surface area contributed by atoms with E-state index in [-0.39, 0.29) is 12.5 Å². The number of nitrogens with zero attached hydrogens (tertiary/aromatic N) is 1. The molecule has 64 valence electrons. The first-order valence-corrected chi connectivity index (χ1v) is 3.68. The third-order valence-electron chi connectivity index (χ3n) is 2.11. The molecule has 0 heterocycles. The first-order valence-electron chi connectivity index (χ1n) is 3.68. The van der Waals surface area contributed by atoms with Gasteiger partial charge in [-0.05, 0) is 12.8 Å². The van der Waals surface area contributed by atoms with Gasteiger partial charge in [0, 0.05) is 11.3 Å². The second kappa shape index (κ2) is 3.15. The van der Waals surface area contributed by atoms with Crippen molar-refractivity contribution in [3.8, 4) is 0 Å². The Labute approximate surface area is 64.3 Å². The maximum atomic E-state index is 10.3. The molecule has 5 heteroatoms. The quantitative estimate of drug-likeness (QED) is 0.400. The van der Waals surface area contributed by atoms with Crippen molar-refractivity contribution in [2.24, 2.45) is 5.73 Å². The van der Waals surface area contributed by atoms with E-state index in [0.717, 1.165) is 0 Å². The Morgan fingerprint density at radius 3 is 2.64 bits per heavy atom. The fraction of sp³-hybridized carbons (Fsp3) is 1.00. The molecule has 1 fully saturated rings. The number of hydrogen-bond acceptors (Lipinski definition) is 4.